The third kappa shape index (κ3) is 2.13. The van der Waals surface area contributed by atoms with Crippen LogP contribution in [-0.2, 0) is 0 Å². The molecular weight excluding hydrogens is 256 g/mol. The van der Waals surface area contributed by atoms with Crippen molar-refractivity contribution < 1.29 is 13.7 Å². The van der Waals surface area contributed by atoms with Gasteiger partial charge in [-0.25, -0.2) is 0 Å². The smallest absolute Gasteiger partial charge is 0.260 e. The minimum atomic E-state index is -0.0845. The summed E-state index contributed by atoms with van der Waals surface area (Å²) in [4.78, 5) is 14.7. The molecule has 1 aliphatic carbocycles. The van der Waals surface area contributed by atoms with Crippen molar-refractivity contribution >= 4 is 5.91 Å². The van der Waals surface area contributed by atoms with E-state index in [4.69, 9.17) is 8.94 Å². The third-order valence-corrected chi connectivity index (χ3v) is 3.79. The summed E-state index contributed by atoms with van der Waals surface area (Å²) in [5.74, 6) is 1.36. The number of rotatable bonds is 4. The van der Waals surface area contributed by atoms with Crippen LogP contribution in [0.1, 0.15) is 53.4 Å². The zero-order chi connectivity index (χ0) is 14.3. The molecule has 0 bridgehead atoms. The minimum absolute atomic E-state index is 0.0207. The molecule has 1 amide bonds. The predicted molar refractivity (Wildman–Crippen MR) is 72.3 cm³/mol. The Bertz CT molecular complexity index is 592. The van der Waals surface area contributed by atoms with Gasteiger partial charge < -0.3 is 13.8 Å². The number of nitrogens with zero attached hydrogens (tertiary/aromatic N) is 2. The molecule has 3 rings (SSSR count). The summed E-state index contributed by atoms with van der Waals surface area (Å²) in [6.45, 7) is 5.56. The van der Waals surface area contributed by atoms with E-state index in [2.05, 4.69) is 5.16 Å². The molecule has 1 saturated carbocycles. The first-order valence-electron chi connectivity index (χ1n) is 6.88. The van der Waals surface area contributed by atoms with Crippen LogP contribution >= 0.6 is 0 Å². The Balaban J connectivity index is 1.93. The molecule has 1 aliphatic rings. The van der Waals surface area contributed by atoms with Gasteiger partial charge in [0.1, 0.15) is 17.1 Å². The fourth-order valence-corrected chi connectivity index (χ4v) is 2.59. The van der Waals surface area contributed by atoms with Crippen LogP contribution in [0, 0.1) is 13.8 Å². The largest absolute Gasteiger partial charge is 0.467 e. The highest BCUT2D eigenvalue weighted by molar-refractivity contribution is 5.96. The van der Waals surface area contributed by atoms with E-state index < -0.39 is 0 Å². The van der Waals surface area contributed by atoms with Crippen LogP contribution in [0.15, 0.2) is 27.3 Å². The van der Waals surface area contributed by atoms with Crippen molar-refractivity contribution in [2.24, 2.45) is 0 Å². The normalized spacial score (nSPS) is 16.1. The molecule has 106 valence electrons. The number of carbonyl (C=O) groups excluding carboxylic acids is 1. The summed E-state index contributed by atoms with van der Waals surface area (Å²) in [6, 6.07) is 3.95. The van der Waals surface area contributed by atoms with Crippen LogP contribution < -0.4 is 0 Å². The lowest BCUT2D eigenvalue weighted by molar-refractivity contribution is 0.0650. The Morgan fingerprint density at radius 3 is 2.70 bits per heavy atom. The third-order valence-electron chi connectivity index (χ3n) is 3.79. The molecule has 0 spiro atoms. The molecule has 0 N–H and O–H groups in total. The van der Waals surface area contributed by atoms with Gasteiger partial charge in [-0.05, 0) is 45.7 Å². The summed E-state index contributed by atoms with van der Waals surface area (Å²) >= 11 is 0. The second-order valence-electron chi connectivity index (χ2n) is 5.33. The second-order valence-corrected chi connectivity index (χ2v) is 5.33. The molecule has 1 unspecified atom stereocenters. The first-order chi connectivity index (χ1) is 9.59. The van der Waals surface area contributed by atoms with Gasteiger partial charge in [0.25, 0.3) is 5.91 Å². The Hall–Kier alpha value is -2.04. The molecule has 0 radical (unpaired) electrons. The van der Waals surface area contributed by atoms with Crippen LogP contribution in [0.4, 0.5) is 0 Å². The average Bonchev–Trinajstić information content (AvgIpc) is 2.98. The maximum absolute atomic E-state index is 12.9. The lowest BCUT2D eigenvalue weighted by Gasteiger charge is -2.28. The van der Waals surface area contributed by atoms with Crippen molar-refractivity contribution in [3.63, 3.8) is 0 Å². The number of carbonyl (C=O) groups is 1. The number of hydrogen-bond donors (Lipinski definition) is 0. The predicted octanol–water partition coefficient (Wildman–Crippen LogP) is 3.25. The molecular formula is C15H18N2O3. The van der Waals surface area contributed by atoms with Gasteiger partial charge >= 0.3 is 0 Å². The zero-order valence-electron chi connectivity index (χ0n) is 11.9. The van der Waals surface area contributed by atoms with Crippen molar-refractivity contribution in [2.45, 2.75) is 45.7 Å². The van der Waals surface area contributed by atoms with E-state index in [0.29, 0.717) is 17.0 Å². The van der Waals surface area contributed by atoms with Gasteiger partial charge in [0.05, 0.1) is 18.0 Å². The average molecular weight is 274 g/mol. The maximum Gasteiger partial charge on any atom is 0.260 e. The lowest BCUT2D eigenvalue weighted by atomic mass is 10.1. The van der Waals surface area contributed by atoms with E-state index in [-0.39, 0.29) is 18.0 Å². The van der Waals surface area contributed by atoms with Gasteiger partial charge in [-0.15, -0.1) is 0 Å². The minimum Gasteiger partial charge on any atom is -0.467 e. The highest BCUT2D eigenvalue weighted by atomic mass is 16.5. The number of aryl methyl sites for hydroxylation is 2. The summed E-state index contributed by atoms with van der Waals surface area (Å²) in [5.41, 5.74) is 1.22. The number of aromatic nitrogens is 1. The first kappa shape index (κ1) is 13.0. The van der Waals surface area contributed by atoms with E-state index in [9.17, 15) is 4.79 Å². The van der Waals surface area contributed by atoms with Gasteiger partial charge in [0.15, 0.2) is 0 Å². The molecule has 2 aromatic rings. The van der Waals surface area contributed by atoms with Gasteiger partial charge in [-0.2, -0.15) is 0 Å². The fourth-order valence-electron chi connectivity index (χ4n) is 2.59. The second kappa shape index (κ2) is 4.81. The van der Waals surface area contributed by atoms with Gasteiger partial charge in [0, 0.05) is 6.04 Å². The summed E-state index contributed by atoms with van der Waals surface area (Å²) in [7, 11) is 0. The summed E-state index contributed by atoms with van der Waals surface area (Å²) in [6.07, 6.45) is 3.72. The SMILES string of the molecule is Cc1noc(C)c1C(=O)N(C1CC1)C(C)c1ccco1. The topological polar surface area (TPSA) is 59.5 Å². The highest BCUT2D eigenvalue weighted by Crippen LogP contribution is 2.36. The van der Waals surface area contributed by atoms with Crippen LogP contribution in [0.25, 0.3) is 0 Å². The quantitative estimate of drug-likeness (QED) is 0.858. The van der Waals surface area contributed by atoms with E-state index in [1.54, 1.807) is 20.1 Å². The van der Waals surface area contributed by atoms with Crippen LogP contribution in [0.2, 0.25) is 0 Å². The Morgan fingerprint density at radius 1 is 1.45 bits per heavy atom. The molecule has 0 saturated heterocycles. The van der Waals surface area contributed by atoms with E-state index >= 15 is 0 Å². The lowest BCUT2D eigenvalue weighted by Crippen LogP contribution is -2.36. The molecule has 0 aliphatic heterocycles. The molecule has 1 atom stereocenters. The number of furan rings is 1. The Labute approximate surface area is 117 Å². The maximum atomic E-state index is 12.9. The van der Waals surface area contributed by atoms with Gasteiger partial charge in [-0.3, -0.25) is 4.79 Å². The first-order valence-corrected chi connectivity index (χ1v) is 6.88. The van der Waals surface area contributed by atoms with Crippen molar-refractivity contribution in [1.82, 2.24) is 10.1 Å². The molecule has 2 aromatic heterocycles. The van der Waals surface area contributed by atoms with Crippen molar-refractivity contribution in [1.29, 1.82) is 0 Å². The molecule has 2 heterocycles. The fraction of sp³-hybridized carbons (Fsp3) is 0.467. The van der Waals surface area contributed by atoms with Crippen molar-refractivity contribution in [3.05, 3.63) is 41.2 Å². The summed E-state index contributed by atoms with van der Waals surface area (Å²) < 4.78 is 10.6. The zero-order valence-corrected chi connectivity index (χ0v) is 11.9. The summed E-state index contributed by atoms with van der Waals surface area (Å²) in [5, 5.41) is 3.88. The van der Waals surface area contributed by atoms with Crippen LogP contribution in [-0.4, -0.2) is 22.0 Å². The standard InChI is InChI=1S/C15H18N2O3/c1-9-14(11(3)20-16-9)15(18)17(12-6-7-12)10(2)13-5-4-8-19-13/h4-5,8,10,12H,6-7H2,1-3H3. The van der Waals surface area contributed by atoms with E-state index in [1.807, 2.05) is 24.0 Å². The number of hydrogen-bond acceptors (Lipinski definition) is 4. The van der Waals surface area contributed by atoms with E-state index in [0.717, 1.165) is 18.6 Å². The Kier molecular flexibility index (Phi) is 3.12. The molecule has 20 heavy (non-hydrogen) atoms. The molecule has 1 fully saturated rings. The highest BCUT2D eigenvalue weighted by Gasteiger charge is 2.39. The molecule has 5 nitrogen and oxygen atoms in total. The molecule has 5 heteroatoms. The van der Waals surface area contributed by atoms with Crippen molar-refractivity contribution in [3.8, 4) is 0 Å². The van der Waals surface area contributed by atoms with Crippen LogP contribution in [0.5, 0.6) is 0 Å². The van der Waals surface area contributed by atoms with Crippen molar-refractivity contribution in [2.75, 3.05) is 0 Å². The number of amides is 1. The van der Waals surface area contributed by atoms with Crippen LogP contribution in [0.3, 0.4) is 0 Å². The monoisotopic (exact) mass is 274 g/mol. The molecule has 0 aromatic carbocycles. The van der Waals surface area contributed by atoms with Gasteiger partial charge in [0.2, 0.25) is 0 Å². The van der Waals surface area contributed by atoms with Gasteiger partial charge in [-0.1, -0.05) is 5.16 Å². The Morgan fingerprint density at radius 2 is 2.20 bits per heavy atom. The van der Waals surface area contributed by atoms with E-state index in [1.165, 1.54) is 0 Å².